The number of hydrogen-bond acceptors (Lipinski definition) is 2. The zero-order valence-electron chi connectivity index (χ0n) is 8.31. The van der Waals surface area contributed by atoms with E-state index in [0.717, 1.165) is 5.56 Å². The Bertz CT molecular complexity index is 336. The first-order chi connectivity index (χ1) is 6.72. The third-order valence-electron chi connectivity index (χ3n) is 1.57. The van der Waals surface area contributed by atoms with Gasteiger partial charge in [0.2, 0.25) is 5.91 Å². The summed E-state index contributed by atoms with van der Waals surface area (Å²) in [6.07, 6.45) is 7.38. The van der Waals surface area contributed by atoms with Crippen LogP contribution >= 0.6 is 24.0 Å². The zero-order chi connectivity index (χ0) is 10.4. The van der Waals surface area contributed by atoms with Crippen LogP contribution in [-0.2, 0) is 11.8 Å². The number of amides is 1. The monoisotopic (exact) mass is 249 g/mol. The van der Waals surface area contributed by atoms with E-state index in [4.69, 9.17) is 11.6 Å². The third kappa shape index (κ3) is 5.44. The molecule has 0 unspecified atom stereocenters. The molecule has 0 aliphatic carbocycles. The molecule has 1 heterocycles. The van der Waals surface area contributed by atoms with Gasteiger partial charge in [0.15, 0.2) is 0 Å². The van der Waals surface area contributed by atoms with E-state index >= 15 is 0 Å². The molecule has 0 aliphatic heterocycles. The van der Waals surface area contributed by atoms with Crippen LogP contribution in [0, 0.1) is 0 Å². The summed E-state index contributed by atoms with van der Waals surface area (Å²) < 4.78 is 1.72. The first kappa shape index (κ1) is 14.0. The largest absolute Gasteiger partial charge is 0.352 e. The average molecular weight is 250 g/mol. The van der Waals surface area contributed by atoms with Crippen molar-refractivity contribution >= 4 is 36.0 Å². The Balaban J connectivity index is 0.00000196. The molecule has 0 atom stereocenters. The van der Waals surface area contributed by atoms with Crippen LogP contribution in [0.5, 0.6) is 0 Å². The molecule has 0 aromatic carbocycles. The Hall–Kier alpha value is -1.00. The van der Waals surface area contributed by atoms with Crippen molar-refractivity contribution in [3.8, 4) is 0 Å². The Labute approximate surface area is 99.7 Å². The molecule has 0 radical (unpaired) electrons. The standard InChI is InChI=1S/C9H12ClN3O.ClH/c1-13-7-8(6-12-13)3-2-4-11-9(14)5-10;/h2-3,6-7H,4-5H2,1H3,(H,11,14);1H/b3-2+;. The van der Waals surface area contributed by atoms with E-state index in [1.807, 2.05) is 25.4 Å². The number of hydrogen-bond donors (Lipinski definition) is 1. The fourth-order valence-electron chi connectivity index (χ4n) is 0.941. The Morgan fingerprint density at radius 3 is 3.00 bits per heavy atom. The number of aryl methyl sites for hydroxylation is 1. The molecule has 0 saturated carbocycles. The highest BCUT2D eigenvalue weighted by Gasteiger charge is 1.93. The van der Waals surface area contributed by atoms with Gasteiger partial charge >= 0.3 is 0 Å². The molecule has 15 heavy (non-hydrogen) atoms. The van der Waals surface area contributed by atoms with E-state index in [1.54, 1.807) is 10.9 Å². The van der Waals surface area contributed by atoms with Crippen molar-refractivity contribution in [2.75, 3.05) is 12.4 Å². The molecule has 0 fully saturated rings. The second-order valence-electron chi connectivity index (χ2n) is 2.79. The van der Waals surface area contributed by atoms with Gasteiger partial charge in [0, 0.05) is 25.4 Å². The topological polar surface area (TPSA) is 46.9 Å². The second-order valence-corrected chi connectivity index (χ2v) is 3.05. The minimum absolute atomic E-state index is 0. The van der Waals surface area contributed by atoms with Crippen molar-refractivity contribution in [2.24, 2.45) is 7.05 Å². The van der Waals surface area contributed by atoms with E-state index in [9.17, 15) is 4.79 Å². The number of nitrogens with one attached hydrogen (secondary N) is 1. The highest BCUT2D eigenvalue weighted by Crippen LogP contribution is 1.97. The molecular weight excluding hydrogens is 237 g/mol. The fraction of sp³-hybridized carbons (Fsp3) is 0.333. The molecule has 1 amide bonds. The number of aromatic nitrogens is 2. The first-order valence-electron chi connectivity index (χ1n) is 4.20. The van der Waals surface area contributed by atoms with E-state index in [1.165, 1.54) is 0 Å². The highest BCUT2D eigenvalue weighted by molar-refractivity contribution is 6.27. The summed E-state index contributed by atoms with van der Waals surface area (Å²) in [7, 11) is 1.85. The normalized spacial score (nSPS) is 10.0. The molecule has 1 aromatic rings. The molecule has 84 valence electrons. The quantitative estimate of drug-likeness (QED) is 0.816. The van der Waals surface area contributed by atoms with Gasteiger partial charge in [-0.2, -0.15) is 5.10 Å². The lowest BCUT2D eigenvalue weighted by Gasteiger charge is -1.95. The van der Waals surface area contributed by atoms with Gasteiger partial charge in [0.1, 0.15) is 5.88 Å². The molecule has 1 N–H and O–H groups in total. The van der Waals surface area contributed by atoms with Gasteiger partial charge < -0.3 is 5.32 Å². The summed E-state index contributed by atoms with van der Waals surface area (Å²) in [5, 5.41) is 6.63. The minimum atomic E-state index is -0.164. The number of carbonyl (C=O) groups is 1. The molecule has 1 aromatic heterocycles. The van der Waals surface area contributed by atoms with Crippen molar-refractivity contribution < 1.29 is 4.79 Å². The van der Waals surface area contributed by atoms with Gasteiger partial charge in [-0.05, 0) is 0 Å². The Morgan fingerprint density at radius 1 is 1.73 bits per heavy atom. The minimum Gasteiger partial charge on any atom is -0.352 e. The number of halogens is 2. The first-order valence-corrected chi connectivity index (χ1v) is 4.73. The SMILES string of the molecule is Cl.Cn1cc(/C=C/CNC(=O)CCl)cn1. The van der Waals surface area contributed by atoms with Crippen LogP contribution in [0.4, 0.5) is 0 Å². The highest BCUT2D eigenvalue weighted by atomic mass is 35.5. The zero-order valence-corrected chi connectivity index (χ0v) is 9.88. The maximum absolute atomic E-state index is 10.7. The molecule has 0 saturated heterocycles. The summed E-state index contributed by atoms with van der Waals surface area (Å²) in [5.74, 6) is -0.164. The van der Waals surface area contributed by atoms with E-state index in [0.29, 0.717) is 6.54 Å². The number of rotatable bonds is 4. The molecule has 0 spiro atoms. The lowest BCUT2D eigenvalue weighted by atomic mass is 10.3. The van der Waals surface area contributed by atoms with E-state index in [-0.39, 0.29) is 24.2 Å². The number of alkyl halides is 1. The predicted octanol–water partition coefficient (Wildman–Crippen LogP) is 1.21. The molecule has 1 rings (SSSR count). The van der Waals surface area contributed by atoms with Crippen LogP contribution in [0.1, 0.15) is 5.56 Å². The second kappa shape index (κ2) is 7.31. The number of carbonyl (C=O) groups excluding carboxylic acids is 1. The van der Waals surface area contributed by atoms with Crippen LogP contribution in [0.15, 0.2) is 18.5 Å². The van der Waals surface area contributed by atoms with Crippen molar-refractivity contribution in [3.63, 3.8) is 0 Å². The molecule has 0 aliphatic rings. The molecule has 0 bridgehead atoms. The fourth-order valence-corrected chi connectivity index (χ4v) is 1.04. The summed E-state index contributed by atoms with van der Waals surface area (Å²) >= 11 is 5.30. The van der Waals surface area contributed by atoms with E-state index in [2.05, 4.69) is 10.4 Å². The summed E-state index contributed by atoms with van der Waals surface area (Å²) in [6.45, 7) is 0.487. The lowest BCUT2D eigenvalue weighted by molar-refractivity contribution is -0.118. The summed E-state index contributed by atoms with van der Waals surface area (Å²) in [6, 6.07) is 0. The van der Waals surface area contributed by atoms with Gasteiger partial charge in [0.25, 0.3) is 0 Å². The maximum Gasteiger partial charge on any atom is 0.235 e. The van der Waals surface area contributed by atoms with Crippen molar-refractivity contribution in [1.29, 1.82) is 0 Å². The van der Waals surface area contributed by atoms with Crippen molar-refractivity contribution in [2.45, 2.75) is 0 Å². The van der Waals surface area contributed by atoms with Gasteiger partial charge in [-0.15, -0.1) is 24.0 Å². The Kier molecular flexibility index (Phi) is 6.83. The summed E-state index contributed by atoms with van der Waals surface area (Å²) in [4.78, 5) is 10.7. The van der Waals surface area contributed by atoms with Gasteiger partial charge in [-0.25, -0.2) is 0 Å². The van der Waals surface area contributed by atoms with Gasteiger partial charge in [0.05, 0.1) is 6.20 Å². The lowest BCUT2D eigenvalue weighted by Crippen LogP contribution is -2.24. The average Bonchev–Trinajstić information content (AvgIpc) is 2.58. The molecule has 6 heteroatoms. The van der Waals surface area contributed by atoms with Crippen molar-refractivity contribution in [1.82, 2.24) is 15.1 Å². The number of nitrogens with zero attached hydrogens (tertiary/aromatic N) is 2. The molecular formula is C9H13Cl2N3O. The van der Waals surface area contributed by atoms with Crippen molar-refractivity contribution in [3.05, 3.63) is 24.0 Å². The third-order valence-corrected chi connectivity index (χ3v) is 1.82. The summed E-state index contributed by atoms with van der Waals surface area (Å²) in [5.41, 5.74) is 1.01. The van der Waals surface area contributed by atoms with Gasteiger partial charge in [-0.1, -0.05) is 12.2 Å². The van der Waals surface area contributed by atoms with Crippen LogP contribution in [-0.4, -0.2) is 28.1 Å². The molecule has 4 nitrogen and oxygen atoms in total. The predicted molar refractivity (Wildman–Crippen MR) is 63.2 cm³/mol. The van der Waals surface area contributed by atoms with Crippen LogP contribution in [0.25, 0.3) is 6.08 Å². The Morgan fingerprint density at radius 2 is 2.47 bits per heavy atom. The van der Waals surface area contributed by atoms with E-state index < -0.39 is 0 Å². The smallest absolute Gasteiger partial charge is 0.235 e. The van der Waals surface area contributed by atoms with Gasteiger partial charge in [-0.3, -0.25) is 9.48 Å². The van der Waals surface area contributed by atoms with Crippen LogP contribution < -0.4 is 5.32 Å². The van der Waals surface area contributed by atoms with Crippen LogP contribution in [0.2, 0.25) is 0 Å². The van der Waals surface area contributed by atoms with Crippen LogP contribution in [0.3, 0.4) is 0 Å². The maximum atomic E-state index is 10.7.